The van der Waals surface area contributed by atoms with Crippen LogP contribution in [0.3, 0.4) is 0 Å². The average Bonchev–Trinajstić information content (AvgIpc) is 2.31. The summed E-state index contributed by atoms with van der Waals surface area (Å²) in [5, 5.41) is 15.7. The fourth-order valence-electron chi connectivity index (χ4n) is 2.10. The van der Waals surface area contributed by atoms with E-state index in [4.69, 9.17) is 5.73 Å². The van der Waals surface area contributed by atoms with Gasteiger partial charge in [0.25, 0.3) is 0 Å². The van der Waals surface area contributed by atoms with Gasteiger partial charge in [-0.2, -0.15) is 9.97 Å². The number of nitrogens with zero attached hydrogens (tertiary/aromatic N) is 2. The van der Waals surface area contributed by atoms with Gasteiger partial charge in [-0.3, -0.25) is 0 Å². The molecule has 0 saturated heterocycles. The number of hydrogen-bond acceptors (Lipinski definition) is 6. The third kappa shape index (κ3) is 3.20. The molecule has 1 fully saturated rings. The maximum atomic E-state index is 9.44. The van der Waals surface area contributed by atoms with Crippen LogP contribution < -0.4 is 16.4 Å². The fourth-order valence-corrected chi connectivity index (χ4v) is 2.10. The predicted octanol–water partition coefficient (Wildman–Crippen LogP) is 0.816. The Morgan fingerprint density at radius 1 is 1.24 bits per heavy atom. The molecular formula is C11H19N5O. The molecule has 1 aromatic rings. The predicted molar refractivity (Wildman–Crippen MR) is 67.9 cm³/mol. The van der Waals surface area contributed by atoms with Crippen molar-refractivity contribution in [1.29, 1.82) is 0 Å². The highest BCUT2D eigenvalue weighted by Gasteiger charge is 2.19. The van der Waals surface area contributed by atoms with Gasteiger partial charge in [-0.25, -0.2) is 0 Å². The van der Waals surface area contributed by atoms with Crippen molar-refractivity contribution in [2.45, 2.75) is 37.8 Å². The maximum Gasteiger partial charge on any atom is 0.223 e. The van der Waals surface area contributed by atoms with Crippen LogP contribution in [0.1, 0.15) is 25.7 Å². The van der Waals surface area contributed by atoms with Crippen molar-refractivity contribution in [2.75, 3.05) is 23.4 Å². The molecule has 0 aliphatic heterocycles. The van der Waals surface area contributed by atoms with Gasteiger partial charge in [0.15, 0.2) is 0 Å². The van der Waals surface area contributed by atoms with Crippen molar-refractivity contribution in [1.82, 2.24) is 9.97 Å². The van der Waals surface area contributed by atoms with E-state index in [9.17, 15) is 5.11 Å². The lowest BCUT2D eigenvalue weighted by molar-refractivity contribution is 0.126. The molecule has 1 saturated carbocycles. The first-order chi connectivity index (χ1) is 8.17. The number of rotatable bonds is 3. The minimum Gasteiger partial charge on any atom is -0.393 e. The van der Waals surface area contributed by atoms with Crippen LogP contribution in [-0.2, 0) is 0 Å². The summed E-state index contributed by atoms with van der Waals surface area (Å²) in [4.78, 5) is 8.18. The second-order valence-corrected chi connectivity index (χ2v) is 4.40. The van der Waals surface area contributed by atoms with Crippen molar-refractivity contribution >= 4 is 17.6 Å². The molecule has 0 amide bonds. The summed E-state index contributed by atoms with van der Waals surface area (Å²) in [6.07, 6.45) is 3.46. The number of nitrogens with one attached hydrogen (secondary N) is 2. The number of nitrogens with two attached hydrogens (primary N) is 1. The van der Waals surface area contributed by atoms with E-state index >= 15 is 0 Å². The van der Waals surface area contributed by atoms with Gasteiger partial charge in [0.05, 0.1) is 6.10 Å². The van der Waals surface area contributed by atoms with Crippen LogP contribution in [0.2, 0.25) is 0 Å². The molecule has 94 valence electrons. The Balaban J connectivity index is 2.00. The SMILES string of the molecule is CNc1cc(NC2CCC(O)CC2)nc(N)n1. The van der Waals surface area contributed by atoms with E-state index in [1.807, 2.05) is 6.07 Å². The van der Waals surface area contributed by atoms with Gasteiger partial charge in [0.1, 0.15) is 11.6 Å². The number of aliphatic hydroxyl groups excluding tert-OH is 1. The van der Waals surface area contributed by atoms with Gasteiger partial charge < -0.3 is 21.5 Å². The average molecular weight is 237 g/mol. The third-order valence-electron chi connectivity index (χ3n) is 3.05. The van der Waals surface area contributed by atoms with Gasteiger partial charge in [-0.05, 0) is 25.7 Å². The van der Waals surface area contributed by atoms with Crippen LogP contribution in [0.4, 0.5) is 17.6 Å². The molecular weight excluding hydrogens is 218 g/mol. The fraction of sp³-hybridized carbons (Fsp3) is 0.636. The van der Waals surface area contributed by atoms with Crippen LogP contribution in [-0.4, -0.2) is 34.3 Å². The smallest absolute Gasteiger partial charge is 0.223 e. The Morgan fingerprint density at radius 2 is 1.88 bits per heavy atom. The zero-order chi connectivity index (χ0) is 12.3. The van der Waals surface area contributed by atoms with E-state index in [-0.39, 0.29) is 12.1 Å². The molecule has 0 unspecified atom stereocenters. The van der Waals surface area contributed by atoms with Crippen molar-refractivity contribution in [2.24, 2.45) is 0 Å². The van der Waals surface area contributed by atoms with E-state index in [2.05, 4.69) is 20.6 Å². The number of aliphatic hydroxyl groups is 1. The lowest BCUT2D eigenvalue weighted by Gasteiger charge is -2.26. The Kier molecular flexibility index (Phi) is 3.63. The van der Waals surface area contributed by atoms with E-state index in [0.29, 0.717) is 11.9 Å². The Labute approximate surface area is 101 Å². The minimum atomic E-state index is -0.142. The molecule has 0 bridgehead atoms. The quantitative estimate of drug-likeness (QED) is 0.621. The van der Waals surface area contributed by atoms with Crippen molar-refractivity contribution < 1.29 is 5.11 Å². The highest BCUT2D eigenvalue weighted by Crippen LogP contribution is 2.22. The molecule has 0 spiro atoms. The molecule has 0 radical (unpaired) electrons. The summed E-state index contributed by atoms with van der Waals surface area (Å²) in [5.74, 6) is 1.70. The highest BCUT2D eigenvalue weighted by atomic mass is 16.3. The van der Waals surface area contributed by atoms with Crippen molar-refractivity contribution in [3.8, 4) is 0 Å². The number of hydrogen-bond donors (Lipinski definition) is 4. The van der Waals surface area contributed by atoms with Crippen LogP contribution in [0, 0.1) is 0 Å². The topological polar surface area (TPSA) is 96.1 Å². The summed E-state index contributed by atoms with van der Waals surface area (Å²) in [5.41, 5.74) is 5.62. The summed E-state index contributed by atoms with van der Waals surface area (Å²) in [7, 11) is 1.79. The highest BCUT2D eigenvalue weighted by molar-refractivity contribution is 5.51. The Bertz CT molecular complexity index is 376. The molecule has 1 aliphatic rings. The molecule has 5 N–H and O–H groups in total. The van der Waals surface area contributed by atoms with E-state index in [1.165, 1.54) is 0 Å². The third-order valence-corrected chi connectivity index (χ3v) is 3.05. The number of anilines is 3. The number of nitrogen functional groups attached to an aromatic ring is 1. The standard InChI is InChI=1S/C11H19N5O/c1-13-9-6-10(16-11(12)15-9)14-7-2-4-8(17)5-3-7/h6-8,17H,2-5H2,1H3,(H4,12,13,14,15,16). The van der Waals surface area contributed by atoms with Gasteiger partial charge in [0.2, 0.25) is 5.95 Å². The van der Waals surface area contributed by atoms with Gasteiger partial charge in [-0.1, -0.05) is 0 Å². The summed E-state index contributed by atoms with van der Waals surface area (Å²) >= 11 is 0. The summed E-state index contributed by atoms with van der Waals surface area (Å²) < 4.78 is 0. The first kappa shape index (κ1) is 11.9. The molecule has 1 aromatic heterocycles. The molecule has 2 rings (SSSR count). The largest absolute Gasteiger partial charge is 0.393 e. The second kappa shape index (κ2) is 5.18. The maximum absolute atomic E-state index is 9.44. The first-order valence-corrected chi connectivity index (χ1v) is 5.94. The Hall–Kier alpha value is -1.56. The van der Waals surface area contributed by atoms with E-state index in [1.54, 1.807) is 7.05 Å². The van der Waals surface area contributed by atoms with Crippen LogP contribution in [0.15, 0.2) is 6.07 Å². The molecule has 0 atom stereocenters. The monoisotopic (exact) mass is 237 g/mol. The molecule has 17 heavy (non-hydrogen) atoms. The molecule has 0 aromatic carbocycles. The van der Waals surface area contributed by atoms with Crippen LogP contribution >= 0.6 is 0 Å². The van der Waals surface area contributed by atoms with Crippen molar-refractivity contribution in [3.63, 3.8) is 0 Å². The molecule has 1 aliphatic carbocycles. The summed E-state index contributed by atoms with van der Waals surface area (Å²) in [6.45, 7) is 0. The molecule has 6 nitrogen and oxygen atoms in total. The zero-order valence-electron chi connectivity index (χ0n) is 9.98. The molecule has 1 heterocycles. The Morgan fingerprint density at radius 3 is 2.53 bits per heavy atom. The first-order valence-electron chi connectivity index (χ1n) is 5.94. The lowest BCUT2D eigenvalue weighted by Crippen LogP contribution is -2.28. The summed E-state index contributed by atoms with van der Waals surface area (Å²) in [6, 6.07) is 2.19. The second-order valence-electron chi connectivity index (χ2n) is 4.40. The van der Waals surface area contributed by atoms with E-state index in [0.717, 1.165) is 31.5 Å². The minimum absolute atomic E-state index is 0.142. The zero-order valence-corrected chi connectivity index (χ0v) is 9.98. The van der Waals surface area contributed by atoms with E-state index < -0.39 is 0 Å². The molecule has 6 heteroatoms. The number of aromatic nitrogens is 2. The van der Waals surface area contributed by atoms with Crippen molar-refractivity contribution in [3.05, 3.63) is 6.07 Å². The normalized spacial score (nSPS) is 24.4. The van der Waals surface area contributed by atoms with Gasteiger partial charge >= 0.3 is 0 Å². The van der Waals surface area contributed by atoms with Crippen LogP contribution in [0.5, 0.6) is 0 Å². The van der Waals surface area contributed by atoms with Crippen LogP contribution in [0.25, 0.3) is 0 Å². The van der Waals surface area contributed by atoms with Gasteiger partial charge in [-0.15, -0.1) is 0 Å². The van der Waals surface area contributed by atoms with Gasteiger partial charge in [0, 0.05) is 19.2 Å². The lowest BCUT2D eigenvalue weighted by atomic mass is 9.93.